The predicted octanol–water partition coefficient (Wildman–Crippen LogP) is 2.37. The Bertz CT molecular complexity index is 302. The van der Waals surface area contributed by atoms with Gasteiger partial charge in [-0.3, -0.25) is 0 Å². The number of hydrogen-bond donors (Lipinski definition) is 2. The molecule has 0 heterocycles. The molecule has 0 radical (unpaired) electrons. The quantitative estimate of drug-likeness (QED) is 0.803. The van der Waals surface area contributed by atoms with Gasteiger partial charge in [0.15, 0.2) is 0 Å². The topological polar surface area (TPSA) is 46.2 Å². The highest BCUT2D eigenvalue weighted by molar-refractivity contribution is 6.33. The van der Waals surface area contributed by atoms with Crippen molar-refractivity contribution < 1.29 is 5.11 Å². The molecule has 0 bridgehead atoms. The highest BCUT2D eigenvalue weighted by Crippen LogP contribution is 2.26. The van der Waals surface area contributed by atoms with Crippen LogP contribution in [0.25, 0.3) is 0 Å². The van der Waals surface area contributed by atoms with E-state index in [1.54, 1.807) is 25.1 Å². The zero-order valence-corrected chi connectivity index (χ0v) is 8.68. The van der Waals surface area contributed by atoms with E-state index >= 15 is 0 Å². The molecule has 2 atom stereocenters. The van der Waals surface area contributed by atoms with Crippen molar-refractivity contribution in [1.29, 1.82) is 0 Å². The molecule has 4 heteroatoms. The summed E-state index contributed by atoms with van der Waals surface area (Å²) in [5.41, 5.74) is 6.38. The van der Waals surface area contributed by atoms with E-state index < -0.39 is 12.1 Å². The lowest BCUT2D eigenvalue weighted by Gasteiger charge is -2.16. The minimum absolute atomic E-state index is 0.494. The summed E-state index contributed by atoms with van der Waals surface area (Å²) in [5.74, 6) is 0. The normalized spacial score (nSPS) is 15.5. The van der Waals surface area contributed by atoms with Gasteiger partial charge < -0.3 is 10.8 Å². The van der Waals surface area contributed by atoms with E-state index in [1.807, 2.05) is 0 Å². The Morgan fingerprint density at radius 1 is 1.38 bits per heavy atom. The minimum atomic E-state index is -0.643. The lowest BCUT2D eigenvalue weighted by atomic mass is 10.0. The van der Waals surface area contributed by atoms with Crippen molar-refractivity contribution in [2.75, 3.05) is 0 Å². The summed E-state index contributed by atoms with van der Waals surface area (Å²) in [7, 11) is 0. The van der Waals surface area contributed by atoms with Gasteiger partial charge in [-0.25, -0.2) is 0 Å². The standard InChI is InChI=1S/C9H11Cl2NO/c1-5(13)9(12)7-4-6(10)2-3-8(7)11/h2-5,9,13H,12H2,1H3/t5-,9+/m1/s1. The maximum atomic E-state index is 9.26. The lowest BCUT2D eigenvalue weighted by Crippen LogP contribution is -2.23. The van der Waals surface area contributed by atoms with E-state index in [1.165, 1.54) is 0 Å². The summed E-state index contributed by atoms with van der Waals surface area (Å²) in [4.78, 5) is 0. The molecular formula is C9H11Cl2NO. The largest absolute Gasteiger partial charge is 0.391 e. The van der Waals surface area contributed by atoms with E-state index in [0.29, 0.717) is 15.6 Å². The van der Waals surface area contributed by atoms with E-state index in [0.717, 1.165) is 0 Å². The highest BCUT2D eigenvalue weighted by Gasteiger charge is 2.15. The third-order valence-electron chi connectivity index (χ3n) is 1.84. The maximum absolute atomic E-state index is 9.26. The Morgan fingerprint density at radius 3 is 2.54 bits per heavy atom. The fourth-order valence-electron chi connectivity index (χ4n) is 1.03. The molecule has 0 fully saturated rings. The highest BCUT2D eigenvalue weighted by atomic mass is 35.5. The van der Waals surface area contributed by atoms with Crippen LogP contribution in [-0.4, -0.2) is 11.2 Å². The number of rotatable bonds is 2. The number of aliphatic hydroxyl groups excluding tert-OH is 1. The number of benzene rings is 1. The third kappa shape index (κ3) is 2.58. The van der Waals surface area contributed by atoms with Crippen LogP contribution >= 0.6 is 23.2 Å². The van der Waals surface area contributed by atoms with Crippen LogP contribution in [0.3, 0.4) is 0 Å². The second kappa shape index (κ2) is 4.29. The van der Waals surface area contributed by atoms with E-state index in [9.17, 15) is 5.11 Å². The molecule has 0 aliphatic rings. The van der Waals surface area contributed by atoms with Crippen LogP contribution in [0.2, 0.25) is 10.0 Å². The molecule has 0 aliphatic heterocycles. The summed E-state index contributed by atoms with van der Waals surface area (Å²) in [5, 5.41) is 10.4. The van der Waals surface area contributed by atoms with Crippen molar-refractivity contribution >= 4 is 23.2 Å². The molecule has 2 nitrogen and oxygen atoms in total. The molecule has 0 saturated heterocycles. The molecule has 0 aliphatic carbocycles. The maximum Gasteiger partial charge on any atom is 0.0705 e. The SMILES string of the molecule is C[C@@H](O)[C@H](N)c1cc(Cl)ccc1Cl. The molecule has 1 rings (SSSR count). The summed E-state index contributed by atoms with van der Waals surface area (Å²) in [6, 6.07) is 4.52. The van der Waals surface area contributed by atoms with Gasteiger partial charge >= 0.3 is 0 Å². The Balaban J connectivity index is 3.05. The van der Waals surface area contributed by atoms with Crippen molar-refractivity contribution in [3.63, 3.8) is 0 Å². The van der Waals surface area contributed by atoms with Gasteiger partial charge in [-0.1, -0.05) is 23.2 Å². The molecule has 0 unspecified atom stereocenters. The van der Waals surface area contributed by atoms with Gasteiger partial charge in [-0.15, -0.1) is 0 Å². The van der Waals surface area contributed by atoms with Gasteiger partial charge in [0.25, 0.3) is 0 Å². The van der Waals surface area contributed by atoms with E-state index in [4.69, 9.17) is 28.9 Å². The number of hydrogen-bond acceptors (Lipinski definition) is 2. The molecule has 3 N–H and O–H groups in total. The fourth-order valence-corrected chi connectivity index (χ4v) is 1.45. The lowest BCUT2D eigenvalue weighted by molar-refractivity contribution is 0.164. The van der Waals surface area contributed by atoms with Gasteiger partial charge in [0.2, 0.25) is 0 Å². The fraction of sp³-hybridized carbons (Fsp3) is 0.333. The zero-order valence-electron chi connectivity index (χ0n) is 7.17. The van der Waals surface area contributed by atoms with E-state index in [-0.39, 0.29) is 0 Å². The van der Waals surface area contributed by atoms with Crippen LogP contribution in [0.4, 0.5) is 0 Å². The average Bonchev–Trinajstić information content (AvgIpc) is 2.08. The Hall–Kier alpha value is -0.280. The second-order valence-electron chi connectivity index (χ2n) is 2.93. The third-order valence-corrected chi connectivity index (χ3v) is 2.42. The first-order valence-corrected chi connectivity index (χ1v) is 4.66. The first-order chi connectivity index (χ1) is 6.02. The molecular weight excluding hydrogens is 209 g/mol. The molecule has 72 valence electrons. The second-order valence-corrected chi connectivity index (χ2v) is 3.78. The molecule has 0 saturated carbocycles. The van der Waals surface area contributed by atoms with Crippen molar-refractivity contribution in [1.82, 2.24) is 0 Å². The van der Waals surface area contributed by atoms with Gasteiger partial charge in [0, 0.05) is 10.0 Å². The van der Waals surface area contributed by atoms with Crippen LogP contribution in [0.15, 0.2) is 18.2 Å². The van der Waals surface area contributed by atoms with Gasteiger partial charge in [0.05, 0.1) is 12.1 Å². The monoisotopic (exact) mass is 219 g/mol. The van der Waals surface area contributed by atoms with Crippen molar-refractivity contribution in [3.05, 3.63) is 33.8 Å². The predicted molar refractivity (Wildman–Crippen MR) is 55.1 cm³/mol. The van der Waals surface area contributed by atoms with Crippen LogP contribution in [0, 0.1) is 0 Å². The van der Waals surface area contributed by atoms with E-state index in [2.05, 4.69) is 0 Å². The Morgan fingerprint density at radius 2 is 2.00 bits per heavy atom. The Kier molecular flexibility index (Phi) is 3.56. The average molecular weight is 220 g/mol. The minimum Gasteiger partial charge on any atom is -0.391 e. The summed E-state index contributed by atoms with van der Waals surface area (Å²) < 4.78 is 0. The van der Waals surface area contributed by atoms with Crippen LogP contribution in [0.1, 0.15) is 18.5 Å². The van der Waals surface area contributed by atoms with Crippen LogP contribution in [-0.2, 0) is 0 Å². The summed E-state index contributed by atoms with van der Waals surface area (Å²) >= 11 is 11.7. The number of aliphatic hydroxyl groups is 1. The molecule has 0 amide bonds. The molecule has 1 aromatic rings. The van der Waals surface area contributed by atoms with Crippen molar-refractivity contribution in [2.45, 2.75) is 19.1 Å². The van der Waals surface area contributed by atoms with Gasteiger partial charge in [0.1, 0.15) is 0 Å². The first kappa shape index (κ1) is 10.8. The van der Waals surface area contributed by atoms with Crippen LogP contribution in [0.5, 0.6) is 0 Å². The molecule has 0 aromatic heterocycles. The van der Waals surface area contributed by atoms with Crippen molar-refractivity contribution in [3.8, 4) is 0 Å². The van der Waals surface area contributed by atoms with Crippen molar-refractivity contribution in [2.24, 2.45) is 5.73 Å². The first-order valence-electron chi connectivity index (χ1n) is 3.91. The molecule has 0 spiro atoms. The zero-order chi connectivity index (χ0) is 10.0. The number of halogens is 2. The molecule has 1 aromatic carbocycles. The Labute approximate surface area is 87.3 Å². The smallest absolute Gasteiger partial charge is 0.0705 e. The summed E-state index contributed by atoms with van der Waals surface area (Å²) in [6.45, 7) is 1.61. The number of nitrogens with two attached hydrogens (primary N) is 1. The van der Waals surface area contributed by atoms with Gasteiger partial charge in [-0.2, -0.15) is 0 Å². The summed E-state index contributed by atoms with van der Waals surface area (Å²) in [6.07, 6.45) is -0.643. The molecule has 13 heavy (non-hydrogen) atoms. The van der Waals surface area contributed by atoms with Crippen LogP contribution < -0.4 is 5.73 Å². The van der Waals surface area contributed by atoms with Gasteiger partial charge in [-0.05, 0) is 30.7 Å².